The van der Waals surface area contributed by atoms with Gasteiger partial charge in [-0.05, 0) is 97.8 Å². The number of hydrogen-bond donors (Lipinski definition) is 3. The van der Waals surface area contributed by atoms with E-state index in [1.807, 2.05) is 6.07 Å². The molecule has 53 heavy (non-hydrogen) atoms. The number of carbonyl (C=O) groups is 4. The highest BCUT2D eigenvalue weighted by Crippen LogP contribution is 2.69. The Balaban J connectivity index is 1.08. The number of rotatable bonds is 9. The van der Waals surface area contributed by atoms with Crippen molar-refractivity contribution in [3.63, 3.8) is 0 Å². The van der Waals surface area contributed by atoms with Gasteiger partial charge < -0.3 is 19.8 Å². The van der Waals surface area contributed by atoms with Crippen LogP contribution in [0.5, 0.6) is 5.75 Å². The summed E-state index contributed by atoms with van der Waals surface area (Å²) in [6, 6.07) is 17.2. The number of sulfonamides is 1. The molecule has 3 amide bonds. The van der Waals surface area contributed by atoms with Crippen molar-refractivity contribution in [1.82, 2.24) is 4.98 Å². The SMILES string of the molecule is CCOC(=O)c1ccc(N2C(=O)[C@H]3[C@H]4C[C@@H]([C@@H]3C2=O)[C@@H]2[C@H](c3cc(Br)ccc3OCC(=O)Nc3ccc(S(N)(=O)=O)cc3)c3sc(=O)[nH]c3S[C@H]42)cc1. The highest BCUT2D eigenvalue weighted by molar-refractivity contribution is 9.10. The van der Waals surface area contributed by atoms with Crippen LogP contribution in [0.25, 0.3) is 0 Å². The summed E-state index contributed by atoms with van der Waals surface area (Å²) in [5.74, 6) is -2.95. The molecule has 0 radical (unpaired) electrons. The molecule has 2 aliphatic carbocycles. The number of fused-ring (bicyclic) bond motifs is 9. The third-order valence-corrected chi connectivity index (χ3v) is 14.5. The number of thioether (sulfide) groups is 1. The minimum Gasteiger partial charge on any atom is -0.483 e. The monoisotopic (exact) mass is 838 g/mol. The van der Waals surface area contributed by atoms with Crippen molar-refractivity contribution in [2.75, 3.05) is 23.4 Å². The Hall–Kier alpha value is -4.29. The summed E-state index contributed by atoms with van der Waals surface area (Å²) >= 11 is 6.26. The maximum absolute atomic E-state index is 14.2. The van der Waals surface area contributed by atoms with Crippen LogP contribution < -0.4 is 25.0 Å². The lowest BCUT2D eigenvalue weighted by atomic mass is 9.68. The Morgan fingerprint density at radius 2 is 1.70 bits per heavy atom. The molecule has 3 heterocycles. The third-order valence-electron chi connectivity index (χ3n) is 10.5. The zero-order valence-electron chi connectivity index (χ0n) is 27.8. The number of halogens is 1. The van der Waals surface area contributed by atoms with Crippen molar-refractivity contribution in [3.8, 4) is 5.75 Å². The molecule has 3 aromatic carbocycles. The van der Waals surface area contributed by atoms with E-state index in [0.717, 1.165) is 31.3 Å². The molecule has 1 saturated heterocycles. The van der Waals surface area contributed by atoms with Gasteiger partial charge in [-0.25, -0.2) is 18.4 Å². The summed E-state index contributed by atoms with van der Waals surface area (Å²) in [7, 11) is -3.89. The first-order valence-electron chi connectivity index (χ1n) is 16.7. The average Bonchev–Trinajstić information content (AvgIpc) is 3.86. The molecule has 8 rings (SSSR count). The van der Waals surface area contributed by atoms with E-state index in [4.69, 9.17) is 14.6 Å². The zero-order valence-corrected chi connectivity index (χ0v) is 31.9. The summed E-state index contributed by atoms with van der Waals surface area (Å²) in [4.78, 5) is 71.1. The average molecular weight is 840 g/mol. The van der Waals surface area contributed by atoms with Crippen molar-refractivity contribution in [2.45, 2.75) is 34.4 Å². The Kier molecular flexibility index (Phi) is 9.12. The molecule has 13 nitrogen and oxygen atoms in total. The highest BCUT2D eigenvalue weighted by Gasteiger charge is 2.70. The maximum Gasteiger partial charge on any atom is 0.338 e. The summed E-state index contributed by atoms with van der Waals surface area (Å²) in [6.07, 6.45) is 0.678. The molecule has 2 saturated carbocycles. The first-order chi connectivity index (χ1) is 25.3. The fraction of sp³-hybridized carbons (Fsp3) is 0.306. The minimum atomic E-state index is -3.89. The van der Waals surface area contributed by atoms with E-state index in [-0.39, 0.29) is 63.7 Å². The fourth-order valence-electron chi connectivity index (χ4n) is 8.54. The summed E-state index contributed by atoms with van der Waals surface area (Å²) < 4.78 is 35.2. The van der Waals surface area contributed by atoms with Gasteiger partial charge in [0.05, 0.1) is 39.6 Å². The number of primary sulfonamides is 1. The van der Waals surface area contributed by atoms with Crippen molar-refractivity contribution in [1.29, 1.82) is 0 Å². The number of thiazole rings is 1. The standard InChI is InChI=1S/C36H31BrN4O9S3/c1-2-49-35(45)16-3-8-19(9-4-16)41-33(43)28-22-14-23(29(28)34(41)44)30-27(22)26(31-32(51-30)40-36(46)52-31)21-13-17(37)5-12-24(21)50-15-25(42)39-18-6-10-20(11-7-18)53(38,47)48/h3-13,22-23,26-30H,2,14-15H2,1H3,(H,39,42)(H,40,46)(H2,38,47,48)/t22-,23-,26+,27-,28+,29+,30-/m1/s1. The first-order valence-corrected chi connectivity index (χ1v) is 20.8. The van der Waals surface area contributed by atoms with Crippen LogP contribution in [-0.2, 0) is 29.1 Å². The quantitative estimate of drug-likeness (QED) is 0.157. The van der Waals surface area contributed by atoms with Crippen LogP contribution in [0.1, 0.15) is 40.1 Å². The van der Waals surface area contributed by atoms with Gasteiger partial charge in [-0.1, -0.05) is 27.3 Å². The number of H-pyrrole nitrogens is 1. The minimum absolute atomic E-state index is 0.0812. The van der Waals surface area contributed by atoms with E-state index in [2.05, 4.69) is 26.2 Å². The van der Waals surface area contributed by atoms with Gasteiger partial charge in [0.15, 0.2) is 6.61 Å². The third kappa shape index (κ3) is 6.21. The van der Waals surface area contributed by atoms with E-state index in [1.54, 1.807) is 55.1 Å². The smallest absolute Gasteiger partial charge is 0.338 e. The number of nitrogens with one attached hydrogen (secondary N) is 2. The Labute approximate surface area is 319 Å². The maximum atomic E-state index is 14.2. The first kappa shape index (κ1) is 35.7. The molecular formula is C36H31BrN4O9S3. The molecule has 0 spiro atoms. The number of anilines is 2. The molecule has 4 aliphatic rings. The number of benzene rings is 3. The lowest BCUT2D eigenvalue weighted by Gasteiger charge is -2.43. The molecule has 0 unspecified atom stereocenters. The zero-order chi connectivity index (χ0) is 37.3. The number of imide groups is 1. The number of carbonyl (C=O) groups excluding carboxylic acids is 4. The molecule has 4 N–H and O–H groups in total. The normalized spacial score (nSPS) is 25.5. The number of nitrogens with zero attached hydrogens (tertiary/aromatic N) is 1. The van der Waals surface area contributed by atoms with Crippen LogP contribution in [0.3, 0.4) is 0 Å². The number of esters is 1. The van der Waals surface area contributed by atoms with Crippen molar-refractivity contribution < 1.29 is 37.1 Å². The van der Waals surface area contributed by atoms with Crippen LogP contribution >= 0.6 is 39.0 Å². The Morgan fingerprint density at radius 1 is 1.00 bits per heavy atom. The van der Waals surface area contributed by atoms with E-state index in [9.17, 15) is 32.4 Å². The lowest BCUT2D eigenvalue weighted by molar-refractivity contribution is -0.123. The number of aromatic nitrogens is 1. The number of aromatic amines is 1. The second kappa shape index (κ2) is 13.5. The molecule has 1 aromatic heterocycles. The summed E-state index contributed by atoms with van der Waals surface area (Å²) in [5.41, 5.74) is 1.82. The van der Waals surface area contributed by atoms with E-state index >= 15 is 0 Å². The van der Waals surface area contributed by atoms with Crippen LogP contribution in [0.15, 0.2) is 85.9 Å². The second-order valence-electron chi connectivity index (χ2n) is 13.3. The molecule has 2 bridgehead atoms. The topological polar surface area (TPSA) is 195 Å². The lowest BCUT2D eigenvalue weighted by Crippen LogP contribution is -2.42. The molecule has 17 heteroatoms. The highest BCUT2D eigenvalue weighted by atomic mass is 79.9. The van der Waals surface area contributed by atoms with Crippen molar-refractivity contribution in [2.24, 2.45) is 34.7 Å². The van der Waals surface area contributed by atoms with Crippen molar-refractivity contribution >= 4 is 84.1 Å². The Morgan fingerprint density at radius 3 is 2.38 bits per heavy atom. The number of ether oxygens (including phenoxy) is 2. The summed E-state index contributed by atoms with van der Waals surface area (Å²) in [6.45, 7) is 1.57. The van der Waals surface area contributed by atoms with Crippen LogP contribution in [-0.4, -0.2) is 55.6 Å². The van der Waals surface area contributed by atoms with Gasteiger partial charge in [-0.15, -0.1) is 11.8 Å². The van der Waals surface area contributed by atoms with Gasteiger partial charge in [0.2, 0.25) is 21.8 Å². The molecular weight excluding hydrogens is 809 g/mol. The predicted molar refractivity (Wildman–Crippen MR) is 199 cm³/mol. The molecule has 7 atom stereocenters. The van der Waals surface area contributed by atoms with Gasteiger partial charge in [0.25, 0.3) is 5.91 Å². The number of hydrogen-bond acceptors (Lipinski definition) is 11. The number of nitrogens with two attached hydrogens (primary N) is 1. The van der Waals surface area contributed by atoms with Crippen LogP contribution in [0.4, 0.5) is 11.4 Å². The molecule has 3 fully saturated rings. The fourth-order valence-corrected chi connectivity index (χ4v) is 12.3. The van der Waals surface area contributed by atoms with Gasteiger partial charge in [0, 0.05) is 31.8 Å². The molecule has 4 aromatic rings. The van der Waals surface area contributed by atoms with E-state index < -0.39 is 33.7 Å². The Bertz CT molecular complexity index is 2350. The number of amides is 3. The van der Waals surface area contributed by atoms with Crippen molar-refractivity contribution in [3.05, 3.63) is 96.9 Å². The van der Waals surface area contributed by atoms with E-state index in [0.29, 0.717) is 29.1 Å². The van der Waals surface area contributed by atoms with Gasteiger partial charge in [0.1, 0.15) is 5.75 Å². The molecule has 2 aliphatic heterocycles. The van der Waals surface area contributed by atoms with Gasteiger partial charge in [-0.2, -0.15) is 0 Å². The van der Waals surface area contributed by atoms with Gasteiger partial charge >= 0.3 is 10.8 Å². The van der Waals surface area contributed by atoms with E-state index in [1.165, 1.54) is 29.2 Å². The van der Waals surface area contributed by atoms with Crippen LogP contribution in [0, 0.1) is 29.6 Å². The molecule has 274 valence electrons. The summed E-state index contributed by atoms with van der Waals surface area (Å²) in [5, 5.41) is 8.51. The predicted octanol–water partition coefficient (Wildman–Crippen LogP) is 4.72. The second-order valence-corrected chi connectivity index (χ2v) is 18.0. The van der Waals surface area contributed by atoms with Gasteiger partial charge in [-0.3, -0.25) is 24.1 Å². The van der Waals surface area contributed by atoms with Crippen LogP contribution in [0.2, 0.25) is 0 Å². The largest absolute Gasteiger partial charge is 0.483 e.